The summed E-state index contributed by atoms with van der Waals surface area (Å²) in [6, 6.07) is 7.41. The predicted molar refractivity (Wildman–Crippen MR) is 74.9 cm³/mol. The van der Waals surface area contributed by atoms with Crippen molar-refractivity contribution in [1.82, 2.24) is 4.90 Å². The molecular formula is C14H16BrNO3. The highest BCUT2D eigenvalue weighted by Crippen LogP contribution is 2.36. The van der Waals surface area contributed by atoms with Gasteiger partial charge in [-0.05, 0) is 30.5 Å². The molecule has 0 aliphatic carbocycles. The highest BCUT2D eigenvalue weighted by atomic mass is 79.9. The van der Waals surface area contributed by atoms with Gasteiger partial charge in [-0.2, -0.15) is 0 Å². The molecule has 0 atom stereocenters. The highest BCUT2D eigenvalue weighted by Gasteiger charge is 2.43. The van der Waals surface area contributed by atoms with E-state index in [1.807, 2.05) is 24.3 Å². The number of rotatable bonds is 2. The quantitative estimate of drug-likeness (QED) is 0.908. The van der Waals surface area contributed by atoms with Crippen LogP contribution in [0.15, 0.2) is 28.7 Å². The van der Waals surface area contributed by atoms with Crippen LogP contribution in [0, 0.1) is 0 Å². The minimum absolute atomic E-state index is 0.00907. The molecule has 1 amide bonds. The topological polar surface area (TPSA) is 57.6 Å². The number of aliphatic carboxylic acids is 1. The van der Waals surface area contributed by atoms with Crippen molar-refractivity contribution in [3.05, 3.63) is 34.3 Å². The number of amides is 1. The second-order valence-corrected chi connectivity index (χ2v) is 5.82. The standard InChI is InChI=1S/C14H16BrNO3/c1-10(17)16-8-6-14(7-9-16,13(18)19)11-2-4-12(15)5-3-11/h2-5H,6-9H2,1H3,(H,18,19). The van der Waals surface area contributed by atoms with Crippen molar-refractivity contribution in [1.29, 1.82) is 0 Å². The summed E-state index contributed by atoms with van der Waals surface area (Å²) in [7, 11) is 0. The van der Waals surface area contributed by atoms with Crippen LogP contribution in [-0.4, -0.2) is 35.0 Å². The Bertz CT molecular complexity index is 490. The van der Waals surface area contributed by atoms with Gasteiger partial charge in [0.05, 0.1) is 5.41 Å². The molecule has 1 aliphatic rings. The lowest BCUT2D eigenvalue weighted by Gasteiger charge is -2.38. The van der Waals surface area contributed by atoms with Crippen LogP contribution in [0.25, 0.3) is 0 Å². The molecule has 0 bridgehead atoms. The van der Waals surface area contributed by atoms with E-state index in [4.69, 9.17) is 0 Å². The maximum Gasteiger partial charge on any atom is 0.314 e. The van der Waals surface area contributed by atoms with Gasteiger partial charge >= 0.3 is 5.97 Å². The Labute approximate surface area is 120 Å². The average Bonchev–Trinajstić information content (AvgIpc) is 2.39. The van der Waals surface area contributed by atoms with Crippen LogP contribution in [0.4, 0.5) is 0 Å². The molecule has 1 aromatic rings. The van der Waals surface area contributed by atoms with Gasteiger partial charge in [-0.15, -0.1) is 0 Å². The van der Waals surface area contributed by atoms with E-state index in [1.165, 1.54) is 6.92 Å². The summed E-state index contributed by atoms with van der Waals surface area (Å²) >= 11 is 3.35. The van der Waals surface area contributed by atoms with E-state index in [9.17, 15) is 14.7 Å². The summed E-state index contributed by atoms with van der Waals surface area (Å²) in [5.74, 6) is -0.798. The predicted octanol–water partition coefficient (Wildman–Crippen LogP) is 2.41. The zero-order chi connectivity index (χ0) is 14.0. The fraction of sp³-hybridized carbons (Fsp3) is 0.429. The lowest BCUT2D eigenvalue weighted by molar-refractivity contribution is -0.148. The van der Waals surface area contributed by atoms with Crippen LogP contribution in [0.1, 0.15) is 25.3 Å². The van der Waals surface area contributed by atoms with Crippen molar-refractivity contribution in [3.63, 3.8) is 0 Å². The van der Waals surface area contributed by atoms with Gasteiger partial charge in [0.2, 0.25) is 5.91 Å². The van der Waals surface area contributed by atoms with E-state index < -0.39 is 11.4 Å². The van der Waals surface area contributed by atoms with Crippen LogP contribution >= 0.6 is 15.9 Å². The minimum atomic E-state index is -0.868. The molecular weight excluding hydrogens is 310 g/mol. The maximum atomic E-state index is 11.7. The molecule has 1 N–H and O–H groups in total. The summed E-state index contributed by atoms with van der Waals surface area (Å²) in [6.45, 7) is 2.52. The van der Waals surface area contributed by atoms with E-state index in [-0.39, 0.29) is 5.91 Å². The average molecular weight is 326 g/mol. The Morgan fingerprint density at radius 2 is 1.74 bits per heavy atom. The number of piperidine rings is 1. The zero-order valence-corrected chi connectivity index (χ0v) is 12.3. The number of hydrogen-bond donors (Lipinski definition) is 1. The van der Waals surface area contributed by atoms with Gasteiger partial charge in [-0.3, -0.25) is 9.59 Å². The third-order valence-corrected chi connectivity index (χ3v) is 4.40. The number of carbonyl (C=O) groups excluding carboxylic acids is 1. The molecule has 1 fully saturated rings. The van der Waals surface area contributed by atoms with Crippen molar-refractivity contribution in [3.8, 4) is 0 Å². The van der Waals surface area contributed by atoms with E-state index in [1.54, 1.807) is 4.90 Å². The number of nitrogens with zero attached hydrogens (tertiary/aromatic N) is 1. The van der Waals surface area contributed by atoms with Crippen LogP contribution in [0.2, 0.25) is 0 Å². The van der Waals surface area contributed by atoms with E-state index in [0.717, 1.165) is 10.0 Å². The summed E-state index contributed by atoms with van der Waals surface area (Å²) in [4.78, 5) is 24.8. The van der Waals surface area contributed by atoms with Gasteiger partial charge in [0.15, 0.2) is 0 Å². The Morgan fingerprint density at radius 1 is 1.21 bits per heavy atom. The first kappa shape index (κ1) is 14.1. The molecule has 2 rings (SSSR count). The Balaban J connectivity index is 2.28. The monoisotopic (exact) mass is 325 g/mol. The van der Waals surface area contributed by atoms with E-state index in [0.29, 0.717) is 25.9 Å². The molecule has 1 saturated heterocycles. The van der Waals surface area contributed by atoms with Crippen molar-refractivity contribution in [2.45, 2.75) is 25.2 Å². The van der Waals surface area contributed by atoms with Crippen molar-refractivity contribution >= 4 is 27.8 Å². The number of hydrogen-bond acceptors (Lipinski definition) is 2. The lowest BCUT2D eigenvalue weighted by Crippen LogP contribution is -2.48. The molecule has 0 saturated carbocycles. The second-order valence-electron chi connectivity index (χ2n) is 4.90. The van der Waals surface area contributed by atoms with Crippen LogP contribution < -0.4 is 0 Å². The maximum absolute atomic E-state index is 11.7. The highest BCUT2D eigenvalue weighted by molar-refractivity contribution is 9.10. The minimum Gasteiger partial charge on any atom is -0.481 e. The SMILES string of the molecule is CC(=O)N1CCC(C(=O)O)(c2ccc(Br)cc2)CC1. The number of benzene rings is 1. The largest absolute Gasteiger partial charge is 0.481 e. The first-order chi connectivity index (χ1) is 8.95. The Hall–Kier alpha value is -1.36. The molecule has 1 aromatic carbocycles. The van der Waals surface area contributed by atoms with Crippen molar-refractivity contribution < 1.29 is 14.7 Å². The summed E-state index contributed by atoms with van der Waals surface area (Å²) in [6.07, 6.45) is 0.924. The summed E-state index contributed by atoms with van der Waals surface area (Å²) in [5.41, 5.74) is -0.0569. The second kappa shape index (κ2) is 5.33. The lowest BCUT2D eigenvalue weighted by atomic mass is 9.73. The number of carboxylic acid groups (broad SMARTS) is 1. The van der Waals surface area contributed by atoms with Gasteiger partial charge in [0, 0.05) is 24.5 Å². The van der Waals surface area contributed by atoms with Crippen molar-refractivity contribution in [2.24, 2.45) is 0 Å². The van der Waals surface area contributed by atoms with E-state index in [2.05, 4.69) is 15.9 Å². The van der Waals surface area contributed by atoms with Crippen LogP contribution in [-0.2, 0) is 15.0 Å². The normalized spacial score (nSPS) is 18.1. The van der Waals surface area contributed by atoms with Crippen molar-refractivity contribution in [2.75, 3.05) is 13.1 Å². The first-order valence-corrected chi connectivity index (χ1v) is 7.00. The van der Waals surface area contributed by atoms with Gasteiger partial charge in [0.25, 0.3) is 0 Å². The van der Waals surface area contributed by atoms with Crippen LogP contribution in [0.3, 0.4) is 0 Å². The van der Waals surface area contributed by atoms with Gasteiger partial charge in [-0.1, -0.05) is 28.1 Å². The summed E-state index contributed by atoms with van der Waals surface area (Å²) in [5, 5.41) is 9.62. The fourth-order valence-corrected chi connectivity index (χ4v) is 2.86. The molecule has 4 nitrogen and oxygen atoms in total. The van der Waals surface area contributed by atoms with Gasteiger partial charge in [0.1, 0.15) is 0 Å². The smallest absolute Gasteiger partial charge is 0.314 e. The van der Waals surface area contributed by atoms with Gasteiger partial charge < -0.3 is 10.0 Å². The van der Waals surface area contributed by atoms with Gasteiger partial charge in [-0.25, -0.2) is 0 Å². The first-order valence-electron chi connectivity index (χ1n) is 6.21. The van der Waals surface area contributed by atoms with Crippen LogP contribution in [0.5, 0.6) is 0 Å². The third-order valence-electron chi connectivity index (χ3n) is 3.87. The molecule has 0 radical (unpaired) electrons. The number of halogens is 1. The van der Waals surface area contributed by atoms with E-state index >= 15 is 0 Å². The number of likely N-dealkylation sites (tertiary alicyclic amines) is 1. The Kier molecular flexibility index (Phi) is 3.94. The fourth-order valence-electron chi connectivity index (χ4n) is 2.60. The molecule has 19 heavy (non-hydrogen) atoms. The summed E-state index contributed by atoms with van der Waals surface area (Å²) < 4.78 is 0.929. The Morgan fingerprint density at radius 3 is 2.16 bits per heavy atom. The third kappa shape index (κ3) is 2.66. The molecule has 0 spiro atoms. The molecule has 5 heteroatoms. The molecule has 0 aromatic heterocycles. The number of carbonyl (C=O) groups is 2. The molecule has 1 aliphatic heterocycles. The molecule has 0 unspecified atom stereocenters. The molecule has 102 valence electrons. The zero-order valence-electron chi connectivity index (χ0n) is 10.7. The number of carboxylic acids is 1. The molecule has 1 heterocycles.